The number of carboxylic acid groups (broad SMARTS) is 1. The summed E-state index contributed by atoms with van der Waals surface area (Å²) in [5, 5.41) is 9.41. The van der Waals surface area contributed by atoms with Crippen molar-refractivity contribution >= 4 is 17.0 Å². The number of hydrogen-bond acceptors (Lipinski definition) is 3. The van der Waals surface area contributed by atoms with Crippen LogP contribution in [-0.2, 0) is 0 Å². The van der Waals surface area contributed by atoms with Crippen LogP contribution in [0, 0.1) is 0 Å². The Labute approximate surface area is 121 Å². The Bertz CT molecular complexity index is 776. The molecular formula is C15H17N3O3. The Hall–Kier alpha value is -2.08. The smallest absolute Gasteiger partial charge is 0.337 e. The van der Waals surface area contributed by atoms with Gasteiger partial charge in [0.2, 0.25) is 0 Å². The summed E-state index contributed by atoms with van der Waals surface area (Å²) < 4.78 is 1.69. The first-order valence-corrected chi connectivity index (χ1v) is 7.37. The number of nitrogens with one attached hydrogen (secondary N) is 1. The fourth-order valence-electron chi connectivity index (χ4n) is 4.03. The van der Waals surface area contributed by atoms with Gasteiger partial charge in [-0.05, 0) is 37.9 Å². The van der Waals surface area contributed by atoms with Gasteiger partial charge in [0, 0.05) is 12.6 Å². The maximum Gasteiger partial charge on any atom is 0.337 e. The highest BCUT2D eigenvalue weighted by Gasteiger charge is 2.39. The topological polar surface area (TPSA) is 78.3 Å². The average Bonchev–Trinajstić information content (AvgIpc) is 3.11. The van der Waals surface area contributed by atoms with Gasteiger partial charge in [-0.3, -0.25) is 9.47 Å². The van der Waals surface area contributed by atoms with E-state index in [0.29, 0.717) is 17.1 Å². The predicted molar refractivity (Wildman–Crippen MR) is 77.8 cm³/mol. The summed E-state index contributed by atoms with van der Waals surface area (Å²) in [5.74, 6) is -0.991. The standard InChI is InChI=1S/C15H17N3O3/c19-14(20)9-3-1-4-10-13(9)18(15(21)16-10)12-6-8-17-7-2-5-11(12)17/h1,3-4,11-12H,2,5-8H2,(H,16,21)(H,19,20). The number of aromatic carboxylic acids is 1. The molecule has 2 aliphatic heterocycles. The number of carboxylic acids is 1. The Morgan fingerprint density at radius 2 is 2.10 bits per heavy atom. The third-order valence-electron chi connectivity index (χ3n) is 4.87. The molecule has 6 nitrogen and oxygen atoms in total. The van der Waals surface area contributed by atoms with E-state index in [1.54, 1.807) is 22.8 Å². The van der Waals surface area contributed by atoms with Gasteiger partial charge in [0.15, 0.2) is 0 Å². The number of aromatic nitrogens is 2. The molecule has 2 atom stereocenters. The number of nitrogens with zero attached hydrogens (tertiary/aromatic N) is 2. The van der Waals surface area contributed by atoms with Crippen LogP contribution in [0.15, 0.2) is 23.0 Å². The molecule has 2 saturated heterocycles. The van der Waals surface area contributed by atoms with Crippen molar-refractivity contribution in [2.45, 2.75) is 31.3 Å². The first kappa shape index (κ1) is 12.6. The van der Waals surface area contributed by atoms with E-state index in [1.165, 1.54) is 0 Å². The summed E-state index contributed by atoms with van der Waals surface area (Å²) in [5.41, 5.74) is 1.14. The lowest BCUT2D eigenvalue weighted by Crippen LogP contribution is -2.32. The molecule has 4 rings (SSSR count). The molecule has 0 radical (unpaired) electrons. The number of benzene rings is 1. The first-order valence-electron chi connectivity index (χ1n) is 7.37. The average molecular weight is 287 g/mol. The van der Waals surface area contributed by atoms with Crippen LogP contribution in [-0.4, -0.2) is 44.7 Å². The van der Waals surface area contributed by atoms with Crippen LogP contribution in [0.3, 0.4) is 0 Å². The lowest BCUT2D eigenvalue weighted by molar-refractivity contribution is 0.0698. The normalized spacial score (nSPS) is 25.5. The van der Waals surface area contributed by atoms with E-state index in [1.807, 2.05) is 0 Å². The molecule has 2 unspecified atom stereocenters. The van der Waals surface area contributed by atoms with Crippen molar-refractivity contribution in [2.75, 3.05) is 13.1 Å². The number of carbonyl (C=O) groups is 1. The Morgan fingerprint density at radius 3 is 2.90 bits per heavy atom. The highest BCUT2D eigenvalue weighted by Crippen LogP contribution is 2.37. The number of aromatic amines is 1. The zero-order chi connectivity index (χ0) is 14.6. The largest absolute Gasteiger partial charge is 0.478 e. The Balaban J connectivity index is 1.94. The zero-order valence-corrected chi connectivity index (χ0v) is 11.6. The van der Waals surface area contributed by atoms with Gasteiger partial charge in [0.25, 0.3) is 0 Å². The number of hydrogen-bond donors (Lipinski definition) is 2. The molecule has 2 aromatic rings. The van der Waals surface area contributed by atoms with E-state index in [-0.39, 0.29) is 17.3 Å². The molecule has 1 aromatic carbocycles. The van der Waals surface area contributed by atoms with Crippen molar-refractivity contribution in [2.24, 2.45) is 0 Å². The molecule has 1 aromatic heterocycles. The minimum atomic E-state index is -0.991. The third-order valence-corrected chi connectivity index (χ3v) is 4.87. The van der Waals surface area contributed by atoms with E-state index in [9.17, 15) is 14.7 Å². The van der Waals surface area contributed by atoms with Gasteiger partial charge in [0.1, 0.15) is 0 Å². The number of para-hydroxylation sites is 1. The van der Waals surface area contributed by atoms with Gasteiger partial charge in [-0.15, -0.1) is 0 Å². The van der Waals surface area contributed by atoms with E-state index in [0.717, 1.165) is 32.4 Å². The number of imidazole rings is 1. The molecule has 2 aliphatic rings. The van der Waals surface area contributed by atoms with Gasteiger partial charge >= 0.3 is 11.7 Å². The van der Waals surface area contributed by atoms with Crippen LogP contribution >= 0.6 is 0 Å². The number of fused-ring (bicyclic) bond motifs is 2. The molecule has 0 bridgehead atoms. The highest BCUT2D eigenvalue weighted by atomic mass is 16.4. The van der Waals surface area contributed by atoms with E-state index in [4.69, 9.17) is 0 Å². The van der Waals surface area contributed by atoms with Crippen LogP contribution in [0.1, 0.15) is 35.7 Å². The third kappa shape index (κ3) is 1.75. The monoisotopic (exact) mass is 287 g/mol. The van der Waals surface area contributed by atoms with Crippen LogP contribution < -0.4 is 5.69 Å². The van der Waals surface area contributed by atoms with E-state index in [2.05, 4.69) is 9.88 Å². The number of rotatable bonds is 2. The second kappa shape index (κ2) is 4.46. The van der Waals surface area contributed by atoms with Crippen molar-refractivity contribution < 1.29 is 9.90 Å². The van der Waals surface area contributed by atoms with E-state index < -0.39 is 5.97 Å². The number of H-pyrrole nitrogens is 1. The van der Waals surface area contributed by atoms with Crippen molar-refractivity contribution in [3.05, 3.63) is 34.2 Å². The molecule has 0 amide bonds. The highest BCUT2D eigenvalue weighted by molar-refractivity contribution is 6.01. The lowest BCUT2D eigenvalue weighted by atomic mass is 10.1. The first-order chi connectivity index (χ1) is 10.2. The second-order valence-electron chi connectivity index (χ2n) is 5.91. The summed E-state index contributed by atoms with van der Waals surface area (Å²) in [4.78, 5) is 29.1. The summed E-state index contributed by atoms with van der Waals surface area (Å²) in [7, 11) is 0. The van der Waals surface area contributed by atoms with Crippen molar-refractivity contribution in [3.8, 4) is 0 Å². The molecule has 0 aliphatic carbocycles. The second-order valence-corrected chi connectivity index (χ2v) is 5.91. The van der Waals surface area contributed by atoms with Crippen molar-refractivity contribution in [1.82, 2.24) is 14.5 Å². The van der Waals surface area contributed by atoms with Crippen LogP contribution in [0.4, 0.5) is 0 Å². The van der Waals surface area contributed by atoms with Crippen molar-refractivity contribution in [3.63, 3.8) is 0 Å². The van der Waals surface area contributed by atoms with Gasteiger partial charge in [-0.2, -0.15) is 0 Å². The van der Waals surface area contributed by atoms with E-state index >= 15 is 0 Å². The molecule has 110 valence electrons. The molecule has 6 heteroatoms. The summed E-state index contributed by atoms with van der Waals surface area (Å²) in [6.07, 6.45) is 3.15. The van der Waals surface area contributed by atoms with Crippen LogP contribution in [0.5, 0.6) is 0 Å². The molecule has 0 saturated carbocycles. The molecule has 0 spiro atoms. The minimum Gasteiger partial charge on any atom is -0.478 e. The molecule has 21 heavy (non-hydrogen) atoms. The zero-order valence-electron chi connectivity index (χ0n) is 11.6. The quantitative estimate of drug-likeness (QED) is 0.876. The minimum absolute atomic E-state index is 0.0780. The van der Waals surface area contributed by atoms with Crippen LogP contribution in [0.25, 0.3) is 11.0 Å². The lowest BCUT2D eigenvalue weighted by Gasteiger charge is -2.21. The fourth-order valence-corrected chi connectivity index (χ4v) is 4.03. The summed E-state index contributed by atoms with van der Waals surface area (Å²) >= 11 is 0. The molecule has 3 heterocycles. The fraction of sp³-hybridized carbons (Fsp3) is 0.467. The van der Waals surface area contributed by atoms with Crippen molar-refractivity contribution in [1.29, 1.82) is 0 Å². The van der Waals surface area contributed by atoms with Gasteiger partial charge in [-0.25, -0.2) is 9.59 Å². The van der Waals surface area contributed by atoms with Crippen LogP contribution in [0.2, 0.25) is 0 Å². The predicted octanol–water partition coefficient (Wildman–Crippen LogP) is 1.44. The maximum atomic E-state index is 12.4. The Kier molecular flexibility index (Phi) is 2.68. The summed E-state index contributed by atoms with van der Waals surface area (Å²) in [6, 6.07) is 5.44. The molecular weight excluding hydrogens is 270 g/mol. The Morgan fingerprint density at radius 1 is 1.24 bits per heavy atom. The molecule has 2 fully saturated rings. The van der Waals surface area contributed by atoms with Gasteiger partial charge in [0.05, 0.1) is 22.6 Å². The maximum absolute atomic E-state index is 12.4. The van der Waals surface area contributed by atoms with Gasteiger partial charge in [-0.1, -0.05) is 6.07 Å². The molecule has 2 N–H and O–H groups in total. The SMILES string of the molecule is O=C(O)c1cccc2[nH]c(=O)n(C3CCN4CCCC34)c12. The van der Waals surface area contributed by atoms with Gasteiger partial charge < -0.3 is 10.1 Å². The summed E-state index contributed by atoms with van der Waals surface area (Å²) in [6.45, 7) is 2.08.